The molecule has 0 saturated carbocycles. The molecule has 110 valence electrons. The number of ether oxygens (including phenoxy) is 1. The molecule has 1 unspecified atom stereocenters. The molecule has 2 rings (SSSR count). The van der Waals surface area contributed by atoms with Crippen molar-refractivity contribution in [3.8, 4) is 0 Å². The van der Waals surface area contributed by atoms with Crippen LogP contribution in [-0.2, 0) is 9.53 Å². The number of carbonyl (C=O) groups excluding carboxylic acids is 1. The van der Waals surface area contributed by atoms with Crippen LogP contribution in [0.3, 0.4) is 0 Å². The van der Waals surface area contributed by atoms with Crippen molar-refractivity contribution in [1.29, 1.82) is 0 Å². The quantitative estimate of drug-likeness (QED) is 0.794. The average molecular weight is 296 g/mol. The van der Waals surface area contributed by atoms with E-state index in [2.05, 4.69) is 24.0 Å². The minimum absolute atomic E-state index is 0.0358. The predicted molar refractivity (Wildman–Crippen MR) is 80.8 cm³/mol. The standard InChI is InChI=1S/C16H22ClNO2/c1-3-20-16(19)14-8-10-18(11-9-14)12(2)13-4-6-15(17)7-5-13/h4-7,12,14H,3,8-11H2,1-2H3. The Morgan fingerprint density at radius 2 is 1.95 bits per heavy atom. The number of hydrogen-bond acceptors (Lipinski definition) is 3. The zero-order valence-electron chi connectivity index (χ0n) is 12.1. The van der Waals surface area contributed by atoms with Gasteiger partial charge in [-0.3, -0.25) is 9.69 Å². The van der Waals surface area contributed by atoms with Crippen molar-refractivity contribution in [2.45, 2.75) is 32.7 Å². The highest BCUT2D eigenvalue weighted by atomic mass is 35.5. The highest BCUT2D eigenvalue weighted by molar-refractivity contribution is 6.30. The van der Waals surface area contributed by atoms with Crippen LogP contribution in [0.5, 0.6) is 0 Å². The molecule has 0 spiro atoms. The van der Waals surface area contributed by atoms with Gasteiger partial charge in [-0.15, -0.1) is 0 Å². The minimum atomic E-state index is -0.0358. The fourth-order valence-corrected chi connectivity index (χ4v) is 2.86. The zero-order valence-corrected chi connectivity index (χ0v) is 12.9. The molecule has 0 radical (unpaired) electrons. The van der Waals surface area contributed by atoms with Crippen LogP contribution in [0.15, 0.2) is 24.3 Å². The van der Waals surface area contributed by atoms with Crippen molar-refractivity contribution in [3.63, 3.8) is 0 Å². The van der Waals surface area contributed by atoms with Gasteiger partial charge in [0.05, 0.1) is 12.5 Å². The monoisotopic (exact) mass is 295 g/mol. The Labute approximate surface area is 125 Å². The Kier molecular flexibility index (Phi) is 5.44. The van der Waals surface area contributed by atoms with Gasteiger partial charge in [0.1, 0.15) is 0 Å². The Balaban J connectivity index is 1.90. The number of rotatable bonds is 4. The summed E-state index contributed by atoms with van der Waals surface area (Å²) < 4.78 is 5.10. The molecule has 1 atom stereocenters. The first-order chi connectivity index (χ1) is 9.61. The maximum absolute atomic E-state index is 11.7. The van der Waals surface area contributed by atoms with Crippen LogP contribution in [0.4, 0.5) is 0 Å². The van der Waals surface area contributed by atoms with Crippen LogP contribution in [0, 0.1) is 5.92 Å². The SMILES string of the molecule is CCOC(=O)C1CCN(C(C)c2ccc(Cl)cc2)CC1. The van der Waals surface area contributed by atoms with Gasteiger partial charge >= 0.3 is 5.97 Å². The number of esters is 1. The maximum atomic E-state index is 11.7. The molecule has 1 heterocycles. The maximum Gasteiger partial charge on any atom is 0.309 e. The van der Waals surface area contributed by atoms with E-state index in [9.17, 15) is 4.79 Å². The molecule has 20 heavy (non-hydrogen) atoms. The molecule has 0 aromatic heterocycles. The summed E-state index contributed by atoms with van der Waals surface area (Å²) in [5, 5.41) is 0.766. The van der Waals surface area contributed by atoms with Crippen LogP contribution in [0.25, 0.3) is 0 Å². The van der Waals surface area contributed by atoms with Gasteiger partial charge in [0, 0.05) is 11.1 Å². The number of nitrogens with zero attached hydrogens (tertiary/aromatic N) is 1. The van der Waals surface area contributed by atoms with Crippen LogP contribution < -0.4 is 0 Å². The number of halogens is 1. The average Bonchev–Trinajstić information content (AvgIpc) is 2.48. The molecule has 0 amide bonds. The van der Waals surface area contributed by atoms with E-state index in [0.717, 1.165) is 31.0 Å². The van der Waals surface area contributed by atoms with Crippen LogP contribution >= 0.6 is 11.6 Å². The lowest BCUT2D eigenvalue weighted by Crippen LogP contribution is -2.38. The van der Waals surface area contributed by atoms with Gasteiger partial charge in [-0.25, -0.2) is 0 Å². The first-order valence-corrected chi connectivity index (χ1v) is 7.65. The lowest BCUT2D eigenvalue weighted by molar-refractivity contribution is -0.149. The number of benzene rings is 1. The Morgan fingerprint density at radius 1 is 1.35 bits per heavy atom. The summed E-state index contributed by atoms with van der Waals surface area (Å²) in [5.74, 6) is 0.0370. The second-order valence-electron chi connectivity index (χ2n) is 5.29. The Bertz CT molecular complexity index is 438. The lowest BCUT2D eigenvalue weighted by Gasteiger charge is -2.35. The van der Waals surface area contributed by atoms with Crippen molar-refractivity contribution < 1.29 is 9.53 Å². The summed E-state index contributed by atoms with van der Waals surface area (Å²) in [7, 11) is 0. The van der Waals surface area contributed by atoms with Gasteiger partial charge in [-0.05, 0) is 57.5 Å². The summed E-state index contributed by atoms with van der Waals surface area (Å²) in [6.45, 7) is 6.41. The summed E-state index contributed by atoms with van der Waals surface area (Å²) in [5.41, 5.74) is 1.27. The van der Waals surface area contributed by atoms with Crippen molar-refractivity contribution in [2.75, 3.05) is 19.7 Å². The molecular weight excluding hydrogens is 274 g/mol. The third-order valence-electron chi connectivity index (χ3n) is 4.05. The van der Waals surface area contributed by atoms with Gasteiger partial charge in [0.2, 0.25) is 0 Å². The molecule has 3 nitrogen and oxygen atoms in total. The summed E-state index contributed by atoms with van der Waals surface area (Å²) >= 11 is 5.92. The van der Waals surface area contributed by atoms with E-state index in [0.29, 0.717) is 12.6 Å². The highest BCUT2D eigenvalue weighted by Gasteiger charge is 2.28. The van der Waals surface area contributed by atoms with Crippen molar-refractivity contribution in [2.24, 2.45) is 5.92 Å². The first-order valence-electron chi connectivity index (χ1n) is 7.28. The fraction of sp³-hybridized carbons (Fsp3) is 0.562. The second kappa shape index (κ2) is 7.09. The third-order valence-corrected chi connectivity index (χ3v) is 4.30. The van der Waals surface area contributed by atoms with Crippen LogP contribution in [-0.4, -0.2) is 30.6 Å². The molecule has 1 aliphatic rings. The Morgan fingerprint density at radius 3 is 2.50 bits per heavy atom. The normalized spacial score (nSPS) is 18.8. The molecule has 4 heteroatoms. The lowest BCUT2D eigenvalue weighted by atomic mass is 9.95. The van der Waals surface area contributed by atoms with Crippen molar-refractivity contribution >= 4 is 17.6 Å². The van der Waals surface area contributed by atoms with Gasteiger partial charge in [0.15, 0.2) is 0 Å². The van der Waals surface area contributed by atoms with E-state index in [1.165, 1.54) is 5.56 Å². The largest absolute Gasteiger partial charge is 0.466 e. The molecule has 1 aliphatic heterocycles. The summed E-state index contributed by atoms with van der Waals surface area (Å²) in [6, 6.07) is 8.36. The third kappa shape index (κ3) is 3.74. The van der Waals surface area contributed by atoms with E-state index in [-0.39, 0.29) is 11.9 Å². The molecular formula is C16H22ClNO2. The van der Waals surface area contributed by atoms with Crippen LogP contribution in [0.1, 0.15) is 38.3 Å². The second-order valence-corrected chi connectivity index (χ2v) is 5.73. The smallest absolute Gasteiger partial charge is 0.309 e. The fourth-order valence-electron chi connectivity index (χ4n) is 2.73. The van der Waals surface area contributed by atoms with Gasteiger partial charge < -0.3 is 4.74 Å². The molecule has 0 bridgehead atoms. The highest BCUT2D eigenvalue weighted by Crippen LogP contribution is 2.27. The minimum Gasteiger partial charge on any atom is -0.466 e. The topological polar surface area (TPSA) is 29.5 Å². The molecule has 1 fully saturated rings. The molecule has 1 aromatic carbocycles. The van der Waals surface area contributed by atoms with Gasteiger partial charge in [-0.2, -0.15) is 0 Å². The van der Waals surface area contributed by atoms with E-state index in [1.54, 1.807) is 0 Å². The zero-order chi connectivity index (χ0) is 14.5. The van der Waals surface area contributed by atoms with E-state index < -0.39 is 0 Å². The Hall–Kier alpha value is -1.06. The van der Waals surface area contributed by atoms with Gasteiger partial charge in [0.25, 0.3) is 0 Å². The molecule has 0 aliphatic carbocycles. The van der Waals surface area contributed by atoms with E-state index in [1.807, 2.05) is 19.1 Å². The number of hydrogen-bond donors (Lipinski definition) is 0. The number of likely N-dealkylation sites (tertiary alicyclic amines) is 1. The predicted octanol–water partition coefficient (Wildman–Crippen LogP) is 3.68. The summed E-state index contributed by atoms with van der Waals surface area (Å²) in [4.78, 5) is 14.1. The molecule has 0 N–H and O–H groups in total. The molecule has 1 saturated heterocycles. The summed E-state index contributed by atoms with van der Waals surface area (Å²) in [6.07, 6.45) is 1.77. The van der Waals surface area contributed by atoms with Crippen LogP contribution in [0.2, 0.25) is 5.02 Å². The van der Waals surface area contributed by atoms with E-state index in [4.69, 9.17) is 16.3 Å². The number of carbonyl (C=O) groups is 1. The van der Waals surface area contributed by atoms with Gasteiger partial charge in [-0.1, -0.05) is 23.7 Å². The molecule has 1 aromatic rings. The van der Waals surface area contributed by atoms with Crippen molar-refractivity contribution in [3.05, 3.63) is 34.9 Å². The first kappa shape index (κ1) is 15.3. The number of piperidine rings is 1. The van der Waals surface area contributed by atoms with E-state index >= 15 is 0 Å². The van der Waals surface area contributed by atoms with Crippen molar-refractivity contribution in [1.82, 2.24) is 4.90 Å².